The van der Waals surface area contributed by atoms with Crippen molar-refractivity contribution in [2.75, 3.05) is 14.2 Å². The van der Waals surface area contributed by atoms with E-state index >= 15 is 0 Å². The Bertz CT molecular complexity index is 3080. The van der Waals surface area contributed by atoms with E-state index in [1.165, 1.54) is 24.3 Å². The molecule has 0 saturated carbocycles. The summed E-state index contributed by atoms with van der Waals surface area (Å²) in [6.45, 7) is 0. The molecule has 4 aliphatic rings. The average molecular weight is 735 g/mol. The quantitative estimate of drug-likeness (QED) is 0.168. The lowest BCUT2D eigenvalue weighted by molar-refractivity contribution is 0.411. The second-order valence-electron chi connectivity index (χ2n) is 13.8. The molecule has 2 heterocycles. The lowest BCUT2D eigenvalue weighted by Gasteiger charge is -2.20. The third-order valence-electron chi connectivity index (χ3n) is 10.6. The van der Waals surface area contributed by atoms with Crippen LogP contribution in [0.3, 0.4) is 0 Å². The van der Waals surface area contributed by atoms with Crippen LogP contribution < -0.4 is 20.3 Å². The van der Waals surface area contributed by atoms with Gasteiger partial charge in [-0.2, -0.15) is 0 Å². The third kappa shape index (κ3) is 5.15. The van der Waals surface area contributed by atoms with Crippen molar-refractivity contribution in [2.45, 2.75) is 0 Å². The molecule has 270 valence electrons. The first-order chi connectivity index (χ1) is 27.3. The Morgan fingerprint density at radius 3 is 1.29 bits per heavy atom. The summed E-state index contributed by atoms with van der Waals surface area (Å²) in [7, 11) is 3.31. The van der Waals surface area contributed by atoms with Crippen LogP contribution in [-0.4, -0.2) is 24.4 Å². The Morgan fingerprint density at radius 2 is 0.857 bits per heavy atom. The molecule has 2 N–H and O–H groups in total. The van der Waals surface area contributed by atoms with Gasteiger partial charge >= 0.3 is 0 Å². The summed E-state index contributed by atoms with van der Waals surface area (Å²) < 4.78 is 24.3. The molecule has 2 aliphatic carbocycles. The molecule has 0 saturated heterocycles. The highest BCUT2D eigenvalue weighted by molar-refractivity contribution is 6.13. The van der Waals surface area contributed by atoms with Gasteiger partial charge in [0.15, 0.2) is 10.9 Å². The predicted molar refractivity (Wildman–Crippen MR) is 220 cm³/mol. The Kier molecular flexibility index (Phi) is 7.37. The molecule has 2 aliphatic heterocycles. The minimum absolute atomic E-state index is 0.0651. The van der Waals surface area contributed by atoms with Crippen LogP contribution in [0.2, 0.25) is 0 Å². The molecule has 0 atom stereocenters. The monoisotopic (exact) mass is 734 g/mol. The van der Waals surface area contributed by atoms with E-state index in [9.17, 15) is 19.8 Å². The van der Waals surface area contributed by atoms with Crippen LogP contribution in [-0.2, 0) is 0 Å². The molecule has 10 rings (SSSR count). The van der Waals surface area contributed by atoms with Crippen molar-refractivity contribution in [3.8, 4) is 79.0 Å². The Balaban J connectivity index is 1.20. The summed E-state index contributed by atoms with van der Waals surface area (Å²) >= 11 is 0. The van der Waals surface area contributed by atoms with Gasteiger partial charge in [0.05, 0.1) is 14.2 Å². The fraction of sp³-hybridized carbons (Fsp3) is 0.0417. The molecule has 56 heavy (non-hydrogen) atoms. The van der Waals surface area contributed by atoms with Crippen LogP contribution in [0.1, 0.15) is 0 Å². The van der Waals surface area contributed by atoms with E-state index in [0.717, 1.165) is 76.8 Å². The summed E-state index contributed by atoms with van der Waals surface area (Å²) in [5.74, 6) is 2.33. The molecule has 0 radical (unpaired) electrons. The first-order valence-electron chi connectivity index (χ1n) is 17.9. The highest BCUT2D eigenvalue weighted by Crippen LogP contribution is 2.49. The number of aromatic hydroxyl groups is 2. The Labute approximate surface area is 318 Å². The Morgan fingerprint density at radius 1 is 0.429 bits per heavy atom. The number of rotatable bonds is 5. The van der Waals surface area contributed by atoms with Crippen molar-refractivity contribution in [1.29, 1.82) is 0 Å². The van der Waals surface area contributed by atoms with Crippen LogP contribution in [0.25, 0.3) is 99.5 Å². The third-order valence-corrected chi connectivity index (χ3v) is 10.6. The first-order valence-corrected chi connectivity index (χ1v) is 17.9. The van der Waals surface area contributed by atoms with E-state index in [-0.39, 0.29) is 22.4 Å². The number of phenols is 2. The lowest BCUT2D eigenvalue weighted by atomic mass is 9.88. The van der Waals surface area contributed by atoms with E-state index in [4.69, 9.17) is 18.3 Å². The van der Waals surface area contributed by atoms with Crippen LogP contribution in [0.15, 0.2) is 152 Å². The molecule has 0 bridgehead atoms. The number of phenolic OH excluding ortho intramolecular Hbond substituents is 2. The molecule has 0 unspecified atom stereocenters. The van der Waals surface area contributed by atoms with Crippen molar-refractivity contribution >= 4 is 43.5 Å². The summed E-state index contributed by atoms with van der Waals surface area (Å²) in [6, 6.07) is 40.0. The molecule has 6 aromatic carbocycles. The van der Waals surface area contributed by atoms with E-state index in [2.05, 4.69) is 36.4 Å². The molecule has 8 nitrogen and oxygen atoms in total. The molecular weight excluding hydrogens is 705 g/mol. The van der Waals surface area contributed by atoms with E-state index in [0.29, 0.717) is 34.2 Å². The van der Waals surface area contributed by atoms with Crippen molar-refractivity contribution in [3.05, 3.63) is 154 Å². The summed E-state index contributed by atoms with van der Waals surface area (Å²) in [4.78, 5) is 24.7. The topological polar surface area (TPSA) is 119 Å². The van der Waals surface area contributed by atoms with Gasteiger partial charge in [0.25, 0.3) is 0 Å². The minimum Gasteiger partial charge on any atom is -0.508 e. The lowest BCUT2D eigenvalue weighted by Crippen LogP contribution is -2.00. The number of hydrogen-bond acceptors (Lipinski definition) is 8. The zero-order valence-corrected chi connectivity index (χ0v) is 30.0. The second-order valence-corrected chi connectivity index (χ2v) is 13.8. The number of ether oxygens (including phenoxy) is 2. The number of methoxy groups -OCH3 is 2. The van der Waals surface area contributed by atoms with Crippen molar-refractivity contribution in [2.24, 2.45) is 0 Å². The standard InChI is InChI=1S/C48H30O8/c1-53-39-17-5-25-19-27(45-35-13-7-29(49)21-41(35)55-42-22-30(50)8-14-36(42)45)3-11-33(25)47(39)48-34-12-4-28(20-26(34)6-18-40(48)54-2)46-37-15-9-31(51)23-43(37)56-44-24-32(52)10-16-38(44)46/h3-24,49,51H,1-2H3. The summed E-state index contributed by atoms with van der Waals surface area (Å²) in [5.41, 5.74) is 7.44. The fourth-order valence-electron chi connectivity index (χ4n) is 8.13. The van der Waals surface area contributed by atoms with Crippen LogP contribution in [0, 0.1) is 0 Å². The highest BCUT2D eigenvalue weighted by atomic mass is 16.5. The maximum Gasteiger partial charge on any atom is 0.182 e. The molecule has 8 heteroatoms. The van der Waals surface area contributed by atoms with Crippen LogP contribution in [0.4, 0.5) is 0 Å². The van der Waals surface area contributed by atoms with Crippen molar-refractivity contribution in [3.63, 3.8) is 0 Å². The molecule has 0 aromatic heterocycles. The normalized spacial score (nSPS) is 11.7. The largest absolute Gasteiger partial charge is 0.508 e. The van der Waals surface area contributed by atoms with Crippen molar-refractivity contribution < 1.29 is 28.5 Å². The van der Waals surface area contributed by atoms with E-state index in [1.807, 2.05) is 36.4 Å². The van der Waals surface area contributed by atoms with Gasteiger partial charge < -0.3 is 28.5 Å². The maximum absolute atomic E-state index is 12.4. The van der Waals surface area contributed by atoms with E-state index < -0.39 is 0 Å². The fourth-order valence-corrected chi connectivity index (χ4v) is 8.13. The Hall–Kier alpha value is -7.58. The summed E-state index contributed by atoms with van der Waals surface area (Å²) in [6.07, 6.45) is 0. The molecule has 0 spiro atoms. The van der Waals surface area contributed by atoms with Gasteiger partial charge in [-0.15, -0.1) is 0 Å². The molecule has 6 aromatic rings. The predicted octanol–water partition coefficient (Wildman–Crippen LogP) is 10.8. The van der Waals surface area contributed by atoms with Gasteiger partial charge in [-0.05, 0) is 105 Å². The summed E-state index contributed by atoms with van der Waals surface area (Å²) in [5, 5.41) is 25.9. The van der Waals surface area contributed by atoms with Gasteiger partial charge in [-0.3, -0.25) is 9.59 Å². The van der Waals surface area contributed by atoms with Gasteiger partial charge in [0, 0.05) is 68.4 Å². The van der Waals surface area contributed by atoms with Gasteiger partial charge in [0.2, 0.25) is 0 Å². The number of hydrogen-bond donors (Lipinski definition) is 2. The molecular formula is C48H30O8. The van der Waals surface area contributed by atoms with E-state index in [1.54, 1.807) is 50.6 Å². The second kappa shape index (κ2) is 12.5. The SMILES string of the molecule is COc1ccc2cc(-c3c4ccc(=O)cc-4oc4cc(O)ccc34)ccc2c1-c1c(OC)ccc2cc(-c3c4ccc(=O)cc-4oc4cc(O)ccc34)ccc12. The van der Waals surface area contributed by atoms with Crippen LogP contribution >= 0.6 is 0 Å². The number of fused-ring (bicyclic) bond motifs is 6. The number of benzene rings is 8. The zero-order chi connectivity index (χ0) is 38.2. The van der Waals surface area contributed by atoms with Gasteiger partial charge in [0.1, 0.15) is 45.7 Å². The molecule has 0 amide bonds. The highest BCUT2D eigenvalue weighted by Gasteiger charge is 2.23. The van der Waals surface area contributed by atoms with Gasteiger partial charge in [-0.25, -0.2) is 0 Å². The first kappa shape index (κ1) is 33.0. The average Bonchev–Trinajstić information content (AvgIpc) is 3.20. The smallest absolute Gasteiger partial charge is 0.182 e. The minimum atomic E-state index is -0.169. The zero-order valence-electron chi connectivity index (χ0n) is 30.0. The van der Waals surface area contributed by atoms with Crippen molar-refractivity contribution in [1.82, 2.24) is 0 Å². The molecule has 0 fully saturated rings. The maximum atomic E-state index is 12.4. The van der Waals surface area contributed by atoms with Gasteiger partial charge in [-0.1, -0.05) is 36.4 Å². The van der Waals surface area contributed by atoms with Crippen LogP contribution in [0.5, 0.6) is 23.0 Å².